The zero-order valence-corrected chi connectivity index (χ0v) is 12.6. The molecule has 0 amide bonds. The van der Waals surface area contributed by atoms with Crippen LogP contribution in [-0.4, -0.2) is 33.4 Å². The van der Waals surface area contributed by atoms with E-state index in [4.69, 9.17) is 4.42 Å². The van der Waals surface area contributed by atoms with Crippen LogP contribution in [0.25, 0.3) is 0 Å². The van der Waals surface area contributed by atoms with Crippen LogP contribution in [0.1, 0.15) is 54.1 Å². The van der Waals surface area contributed by atoms with E-state index in [9.17, 15) is 5.11 Å². The van der Waals surface area contributed by atoms with Gasteiger partial charge in [-0.25, -0.2) is 0 Å². The first-order valence-electron chi connectivity index (χ1n) is 8.10. The summed E-state index contributed by atoms with van der Waals surface area (Å²) in [5, 5.41) is 17.8. The maximum absolute atomic E-state index is 9.42. The quantitative estimate of drug-likeness (QED) is 0.887. The lowest BCUT2D eigenvalue weighted by Crippen LogP contribution is -2.30. The number of aliphatic hydroxyl groups is 1. The Bertz CT molecular complexity index is 651. The molecule has 0 spiro atoms. The fourth-order valence-electron chi connectivity index (χ4n) is 3.39. The van der Waals surface area contributed by atoms with E-state index < -0.39 is 0 Å². The van der Waals surface area contributed by atoms with Crippen LogP contribution in [0.3, 0.4) is 0 Å². The third-order valence-electron chi connectivity index (χ3n) is 4.68. The molecule has 22 heavy (non-hydrogen) atoms. The molecule has 2 aliphatic carbocycles. The maximum atomic E-state index is 9.42. The molecule has 0 saturated heterocycles. The molecule has 2 aromatic rings. The van der Waals surface area contributed by atoms with Gasteiger partial charge >= 0.3 is 0 Å². The molecule has 0 radical (unpaired) electrons. The molecule has 5 nitrogen and oxygen atoms in total. The molecule has 5 heteroatoms. The van der Waals surface area contributed by atoms with E-state index in [1.807, 2.05) is 0 Å². The standard InChI is InChI=1S/C17H21N3O2/c21-10-9-20(11-16-18-19-17(22-16)13-5-6-13)15-8-7-12-3-1-2-4-14(12)15/h1-4,13,15,21H,5-11H2. The van der Waals surface area contributed by atoms with Gasteiger partial charge in [-0.05, 0) is 36.8 Å². The Morgan fingerprint density at radius 1 is 1.18 bits per heavy atom. The minimum Gasteiger partial charge on any atom is -0.424 e. The summed E-state index contributed by atoms with van der Waals surface area (Å²) in [6.45, 7) is 1.38. The number of rotatable bonds is 6. The molecule has 1 fully saturated rings. The monoisotopic (exact) mass is 299 g/mol. The molecule has 1 aromatic heterocycles. The predicted octanol–water partition coefficient (Wildman–Crippen LogP) is 2.43. The van der Waals surface area contributed by atoms with Crippen LogP contribution >= 0.6 is 0 Å². The minimum absolute atomic E-state index is 0.141. The van der Waals surface area contributed by atoms with Gasteiger partial charge in [-0.3, -0.25) is 4.90 Å². The third-order valence-corrected chi connectivity index (χ3v) is 4.68. The van der Waals surface area contributed by atoms with Crippen LogP contribution in [0.2, 0.25) is 0 Å². The zero-order chi connectivity index (χ0) is 14.9. The van der Waals surface area contributed by atoms with Gasteiger partial charge in [0.25, 0.3) is 0 Å². The minimum atomic E-state index is 0.141. The SMILES string of the molecule is OCCN(Cc1nnc(C2CC2)o1)C1CCc2ccccc21. The summed E-state index contributed by atoms with van der Waals surface area (Å²) in [5.41, 5.74) is 2.79. The van der Waals surface area contributed by atoms with Crippen molar-refractivity contribution in [3.8, 4) is 0 Å². The van der Waals surface area contributed by atoms with Crippen molar-refractivity contribution in [1.82, 2.24) is 15.1 Å². The first kappa shape index (κ1) is 13.9. The Balaban J connectivity index is 1.53. The summed E-state index contributed by atoms with van der Waals surface area (Å²) in [6.07, 6.45) is 4.51. The molecule has 4 rings (SSSR count). The Morgan fingerprint density at radius 2 is 2.05 bits per heavy atom. The molecular weight excluding hydrogens is 278 g/mol. The lowest BCUT2D eigenvalue weighted by molar-refractivity contribution is 0.131. The summed E-state index contributed by atoms with van der Waals surface area (Å²) in [7, 11) is 0. The second-order valence-electron chi connectivity index (χ2n) is 6.26. The summed E-state index contributed by atoms with van der Waals surface area (Å²) >= 11 is 0. The van der Waals surface area contributed by atoms with E-state index in [0.29, 0.717) is 30.9 Å². The van der Waals surface area contributed by atoms with Gasteiger partial charge in [0, 0.05) is 18.5 Å². The van der Waals surface area contributed by atoms with Gasteiger partial charge in [0.05, 0.1) is 13.2 Å². The highest BCUT2D eigenvalue weighted by Crippen LogP contribution is 2.40. The Hall–Kier alpha value is -1.72. The van der Waals surface area contributed by atoms with Gasteiger partial charge in [-0.2, -0.15) is 0 Å². The average molecular weight is 299 g/mol. The second-order valence-corrected chi connectivity index (χ2v) is 6.26. The normalized spacial score (nSPS) is 20.5. The highest BCUT2D eigenvalue weighted by atomic mass is 16.4. The fraction of sp³-hybridized carbons (Fsp3) is 0.529. The van der Waals surface area contributed by atoms with Crippen LogP contribution in [0.15, 0.2) is 28.7 Å². The summed E-state index contributed by atoms with van der Waals surface area (Å²) in [6, 6.07) is 8.91. The van der Waals surface area contributed by atoms with Crippen molar-refractivity contribution >= 4 is 0 Å². The van der Waals surface area contributed by atoms with Crippen LogP contribution in [0.4, 0.5) is 0 Å². The van der Waals surface area contributed by atoms with E-state index >= 15 is 0 Å². The largest absolute Gasteiger partial charge is 0.424 e. The van der Waals surface area contributed by atoms with Gasteiger partial charge in [-0.1, -0.05) is 24.3 Å². The van der Waals surface area contributed by atoms with Crippen LogP contribution in [-0.2, 0) is 13.0 Å². The van der Waals surface area contributed by atoms with Crippen LogP contribution < -0.4 is 0 Å². The molecule has 1 saturated carbocycles. The highest BCUT2D eigenvalue weighted by molar-refractivity contribution is 5.34. The molecule has 1 atom stereocenters. The van der Waals surface area contributed by atoms with Crippen molar-refractivity contribution < 1.29 is 9.52 Å². The van der Waals surface area contributed by atoms with Crippen molar-refractivity contribution in [2.45, 2.75) is 44.2 Å². The molecule has 1 unspecified atom stereocenters. The number of aromatic nitrogens is 2. The highest BCUT2D eigenvalue weighted by Gasteiger charge is 2.31. The molecule has 0 bridgehead atoms. The van der Waals surface area contributed by atoms with Crippen LogP contribution in [0, 0.1) is 0 Å². The van der Waals surface area contributed by atoms with Crippen molar-refractivity contribution in [1.29, 1.82) is 0 Å². The fourth-order valence-corrected chi connectivity index (χ4v) is 3.39. The Morgan fingerprint density at radius 3 is 2.86 bits per heavy atom. The second kappa shape index (κ2) is 5.82. The molecule has 1 N–H and O–H groups in total. The number of nitrogens with zero attached hydrogens (tertiary/aromatic N) is 3. The van der Waals surface area contributed by atoms with Crippen molar-refractivity contribution in [3.05, 3.63) is 47.2 Å². The predicted molar refractivity (Wildman–Crippen MR) is 81.3 cm³/mol. The van der Waals surface area contributed by atoms with E-state index in [0.717, 1.165) is 31.6 Å². The maximum Gasteiger partial charge on any atom is 0.230 e. The number of aliphatic hydroxyl groups excluding tert-OH is 1. The van der Waals surface area contributed by atoms with Crippen molar-refractivity contribution in [2.75, 3.05) is 13.2 Å². The molecule has 1 heterocycles. The summed E-state index contributed by atoms with van der Waals surface area (Å²) in [5.74, 6) is 1.94. The molecule has 116 valence electrons. The van der Waals surface area contributed by atoms with Crippen LogP contribution in [0.5, 0.6) is 0 Å². The van der Waals surface area contributed by atoms with Crippen molar-refractivity contribution in [2.24, 2.45) is 0 Å². The third kappa shape index (κ3) is 2.66. The lowest BCUT2D eigenvalue weighted by atomic mass is 10.1. The van der Waals surface area contributed by atoms with Gasteiger partial charge in [0.2, 0.25) is 11.8 Å². The molecular formula is C17H21N3O2. The van der Waals surface area contributed by atoms with Crippen molar-refractivity contribution in [3.63, 3.8) is 0 Å². The Kier molecular flexibility index (Phi) is 3.68. The summed E-state index contributed by atoms with van der Waals surface area (Å²) < 4.78 is 5.79. The topological polar surface area (TPSA) is 62.4 Å². The zero-order valence-electron chi connectivity index (χ0n) is 12.6. The Labute approximate surface area is 130 Å². The number of hydrogen-bond donors (Lipinski definition) is 1. The van der Waals surface area contributed by atoms with E-state index in [1.165, 1.54) is 11.1 Å². The smallest absolute Gasteiger partial charge is 0.230 e. The first-order valence-corrected chi connectivity index (χ1v) is 8.10. The number of fused-ring (bicyclic) bond motifs is 1. The number of benzene rings is 1. The average Bonchev–Trinajstić information content (AvgIpc) is 3.13. The number of aryl methyl sites for hydroxylation is 1. The van der Waals surface area contributed by atoms with E-state index in [1.54, 1.807) is 0 Å². The molecule has 1 aromatic carbocycles. The molecule has 2 aliphatic rings. The van der Waals surface area contributed by atoms with Gasteiger partial charge in [0.1, 0.15) is 0 Å². The van der Waals surface area contributed by atoms with E-state index in [-0.39, 0.29) is 6.61 Å². The van der Waals surface area contributed by atoms with Gasteiger partial charge in [0.15, 0.2) is 0 Å². The summed E-state index contributed by atoms with van der Waals surface area (Å²) in [4.78, 5) is 2.26. The lowest BCUT2D eigenvalue weighted by Gasteiger charge is -2.27. The molecule has 0 aliphatic heterocycles. The van der Waals surface area contributed by atoms with Gasteiger partial charge < -0.3 is 9.52 Å². The van der Waals surface area contributed by atoms with Gasteiger partial charge in [-0.15, -0.1) is 10.2 Å². The number of hydrogen-bond acceptors (Lipinski definition) is 5. The van der Waals surface area contributed by atoms with E-state index in [2.05, 4.69) is 39.4 Å². The first-order chi connectivity index (χ1) is 10.8.